The summed E-state index contributed by atoms with van der Waals surface area (Å²) in [5, 5.41) is 2.77. The summed E-state index contributed by atoms with van der Waals surface area (Å²) in [6.45, 7) is 11.8. The SMILES string of the molecule is CC(C)(C)OC(=O)[C@@H]1[C@H]2CCC[C@H]2CN1C(=O)[C@@H](NC(=O)OCc1ccccc1)C(C)(C)C. The molecule has 1 aromatic carbocycles. The van der Waals surface area contributed by atoms with E-state index in [9.17, 15) is 14.4 Å². The highest BCUT2D eigenvalue weighted by atomic mass is 16.6. The topological polar surface area (TPSA) is 84.9 Å². The van der Waals surface area contributed by atoms with Gasteiger partial charge in [-0.15, -0.1) is 0 Å². The molecule has 7 heteroatoms. The lowest BCUT2D eigenvalue weighted by atomic mass is 9.85. The number of nitrogens with zero attached hydrogens (tertiary/aromatic N) is 1. The largest absolute Gasteiger partial charge is 0.458 e. The second-order valence-corrected chi connectivity index (χ2v) is 11.3. The van der Waals surface area contributed by atoms with Crippen LogP contribution in [0.25, 0.3) is 0 Å². The van der Waals surface area contributed by atoms with Crippen LogP contribution in [-0.2, 0) is 25.7 Å². The predicted molar refractivity (Wildman–Crippen MR) is 125 cm³/mol. The molecule has 7 nitrogen and oxygen atoms in total. The number of carbonyl (C=O) groups excluding carboxylic acids is 3. The zero-order valence-electron chi connectivity index (χ0n) is 20.7. The number of nitrogens with one attached hydrogen (secondary N) is 1. The van der Waals surface area contributed by atoms with E-state index < -0.39 is 29.2 Å². The Morgan fingerprint density at radius 1 is 1.06 bits per heavy atom. The minimum Gasteiger partial charge on any atom is -0.458 e. The van der Waals surface area contributed by atoms with Crippen LogP contribution in [0.15, 0.2) is 30.3 Å². The molecule has 3 rings (SSSR count). The maximum atomic E-state index is 13.8. The first-order valence-electron chi connectivity index (χ1n) is 11.9. The number of ether oxygens (including phenoxy) is 2. The van der Waals surface area contributed by atoms with E-state index in [1.165, 1.54) is 0 Å². The normalized spacial score (nSPS) is 23.6. The van der Waals surface area contributed by atoms with Crippen LogP contribution in [-0.4, -0.2) is 47.1 Å². The van der Waals surface area contributed by atoms with Crippen molar-refractivity contribution in [3.8, 4) is 0 Å². The number of hydrogen-bond acceptors (Lipinski definition) is 5. The number of fused-ring (bicyclic) bond motifs is 1. The van der Waals surface area contributed by atoms with Gasteiger partial charge in [0.05, 0.1) is 0 Å². The van der Waals surface area contributed by atoms with Crippen molar-refractivity contribution in [3.63, 3.8) is 0 Å². The van der Waals surface area contributed by atoms with Gasteiger partial charge in [0.2, 0.25) is 5.91 Å². The molecule has 1 aliphatic heterocycles. The Balaban J connectivity index is 1.75. The summed E-state index contributed by atoms with van der Waals surface area (Å²) in [5.74, 6) is -0.222. The second kappa shape index (κ2) is 9.74. The van der Waals surface area contributed by atoms with E-state index >= 15 is 0 Å². The molecule has 0 aromatic heterocycles. The van der Waals surface area contributed by atoms with Crippen LogP contribution in [0.2, 0.25) is 0 Å². The lowest BCUT2D eigenvalue weighted by Gasteiger charge is -2.36. The van der Waals surface area contributed by atoms with E-state index in [0.29, 0.717) is 6.54 Å². The Kier molecular flexibility index (Phi) is 7.39. The van der Waals surface area contributed by atoms with Crippen molar-refractivity contribution in [2.45, 2.75) is 85.1 Å². The van der Waals surface area contributed by atoms with Gasteiger partial charge in [-0.1, -0.05) is 57.5 Å². The van der Waals surface area contributed by atoms with Gasteiger partial charge in [0.25, 0.3) is 0 Å². The molecule has 1 N–H and O–H groups in total. The molecule has 1 aromatic rings. The van der Waals surface area contributed by atoms with Crippen molar-refractivity contribution in [1.29, 1.82) is 0 Å². The smallest absolute Gasteiger partial charge is 0.408 e. The number of rotatable bonds is 5. The molecule has 4 atom stereocenters. The van der Waals surface area contributed by atoms with E-state index in [-0.39, 0.29) is 30.3 Å². The molecule has 1 saturated carbocycles. The predicted octanol–water partition coefficient (Wildman–Crippen LogP) is 4.30. The van der Waals surface area contributed by atoms with Crippen LogP contribution in [0.3, 0.4) is 0 Å². The molecular formula is C26H38N2O5. The van der Waals surface area contributed by atoms with Gasteiger partial charge >= 0.3 is 12.1 Å². The van der Waals surface area contributed by atoms with Crippen molar-refractivity contribution in [3.05, 3.63) is 35.9 Å². The molecule has 2 aliphatic rings. The summed E-state index contributed by atoms with van der Waals surface area (Å²) in [7, 11) is 0. The minimum atomic E-state index is -0.829. The van der Waals surface area contributed by atoms with Gasteiger partial charge in [-0.3, -0.25) is 4.79 Å². The molecule has 0 spiro atoms. The number of carbonyl (C=O) groups is 3. The van der Waals surface area contributed by atoms with Crippen LogP contribution in [0.5, 0.6) is 0 Å². The Labute approximate surface area is 197 Å². The van der Waals surface area contributed by atoms with E-state index in [2.05, 4.69) is 5.32 Å². The zero-order chi connectivity index (χ0) is 24.4. The number of esters is 1. The number of likely N-dealkylation sites (tertiary alicyclic amines) is 1. The summed E-state index contributed by atoms with van der Waals surface area (Å²) in [4.78, 5) is 41.2. The molecule has 1 heterocycles. The van der Waals surface area contributed by atoms with E-state index in [4.69, 9.17) is 9.47 Å². The molecular weight excluding hydrogens is 420 g/mol. The second-order valence-electron chi connectivity index (χ2n) is 11.3. The highest BCUT2D eigenvalue weighted by Gasteiger charge is 2.52. The van der Waals surface area contributed by atoms with Gasteiger partial charge in [0.1, 0.15) is 24.3 Å². The van der Waals surface area contributed by atoms with Crippen molar-refractivity contribution in [2.75, 3.05) is 6.54 Å². The summed E-state index contributed by atoms with van der Waals surface area (Å²) in [6.07, 6.45) is 2.31. The monoisotopic (exact) mass is 458 g/mol. The third kappa shape index (κ3) is 6.27. The average Bonchev–Trinajstić information content (AvgIpc) is 3.29. The molecule has 2 amide bonds. The fourth-order valence-electron chi connectivity index (χ4n) is 4.89. The van der Waals surface area contributed by atoms with E-state index in [1.54, 1.807) is 4.90 Å². The fourth-order valence-corrected chi connectivity index (χ4v) is 4.89. The first kappa shape index (κ1) is 25.1. The van der Waals surface area contributed by atoms with Gasteiger partial charge < -0.3 is 19.7 Å². The first-order valence-corrected chi connectivity index (χ1v) is 11.9. The highest BCUT2D eigenvalue weighted by Crippen LogP contribution is 2.43. The summed E-state index contributed by atoms with van der Waals surface area (Å²) in [6, 6.07) is 7.94. The van der Waals surface area contributed by atoms with Gasteiger partial charge in [-0.05, 0) is 56.4 Å². The third-order valence-corrected chi connectivity index (χ3v) is 6.41. The van der Waals surface area contributed by atoms with Crippen LogP contribution in [0, 0.1) is 17.3 Å². The number of amides is 2. The third-order valence-electron chi connectivity index (χ3n) is 6.41. The molecule has 2 fully saturated rings. The summed E-state index contributed by atoms with van der Waals surface area (Å²) >= 11 is 0. The molecule has 1 saturated heterocycles. The lowest BCUT2D eigenvalue weighted by Crippen LogP contribution is -2.57. The molecule has 0 unspecified atom stereocenters. The lowest BCUT2D eigenvalue weighted by molar-refractivity contribution is -0.165. The van der Waals surface area contributed by atoms with E-state index in [0.717, 1.165) is 24.8 Å². The van der Waals surface area contributed by atoms with Crippen molar-refractivity contribution in [2.24, 2.45) is 17.3 Å². The Morgan fingerprint density at radius 3 is 2.33 bits per heavy atom. The number of alkyl carbamates (subject to hydrolysis) is 1. The summed E-state index contributed by atoms with van der Waals surface area (Å²) in [5.41, 5.74) is -0.339. The molecule has 182 valence electrons. The van der Waals surface area contributed by atoms with Crippen molar-refractivity contribution in [1.82, 2.24) is 10.2 Å². The Morgan fingerprint density at radius 2 is 1.73 bits per heavy atom. The van der Waals surface area contributed by atoms with Gasteiger partial charge in [0, 0.05) is 6.54 Å². The number of hydrogen-bond donors (Lipinski definition) is 1. The van der Waals surface area contributed by atoms with Gasteiger partial charge in [0.15, 0.2) is 0 Å². The van der Waals surface area contributed by atoms with Crippen molar-refractivity contribution < 1.29 is 23.9 Å². The average molecular weight is 459 g/mol. The molecule has 1 aliphatic carbocycles. The minimum absolute atomic E-state index is 0.106. The first-order chi connectivity index (χ1) is 15.4. The molecule has 0 bridgehead atoms. The maximum Gasteiger partial charge on any atom is 0.408 e. The van der Waals surface area contributed by atoms with Crippen LogP contribution in [0.4, 0.5) is 4.79 Å². The van der Waals surface area contributed by atoms with Crippen LogP contribution < -0.4 is 5.32 Å². The van der Waals surface area contributed by atoms with Crippen LogP contribution in [0.1, 0.15) is 66.4 Å². The number of benzene rings is 1. The highest BCUT2D eigenvalue weighted by molar-refractivity contribution is 5.91. The van der Waals surface area contributed by atoms with E-state index in [1.807, 2.05) is 71.9 Å². The molecule has 0 radical (unpaired) electrons. The molecule has 33 heavy (non-hydrogen) atoms. The Bertz CT molecular complexity index is 856. The standard InChI is InChI=1S/C26H38N2O5/c1-25(2,3)21(27-24(31)32-16-17-11-8-7-9-12-17)22(29)28-15-18-13-10-14-19(18)20(28)23(30)33-26(4,5)6/h7-9,11-12,18-21H,10,13-16H2,1-6H3,(H,27,31)/t18-,19-,20-,21+/m0/s1. The van der Waals surface area contributed by atoms with Gasteiger partial charge in [-0.25, -0.2) is 9.59 Å². The summed E-state index contributed by atoms with van der Waals surface area (Å²) < 4.78 is 11.1. The zero-order valence-corrected chi connectivity index (χ0v) is 20.7. The van der Waals surface area contributed by atoms with Gasteiger partial charge in [-0.2, -0.15) is 0 Å². The maximum absolute atomic E-state index is 13.8. The van der Waals surface area contributed by atoms with Crippen LogP contribution >= 0.6 is 0 Å². The Hall–Kier alpha value is -2.57. The quantitative estimate of drug-likeness (QED) is 0.665. The fraction of sp³-hybridized carbons (Fsp3) is 0.654. The van der Waals surface area contributed by atoms with Crippen molar-refractivity contribution >= 4 is 18.0 Å².